The Labute approximate surface area is 72.8 Å². The third-order valence-electron chi connectivity index (χ3n) is 1.13. The van der Waals surface area contributed by atoms with Crippen molar-refractivity contribution in [3.63, 3.8) is 0 Å². The van der Waals surface area contributed by atoms with Crippen molar-refractivity contribution in [2.45, 2.75) is 6.92 Å². The summed E-state index contributed by atoms with van der Waals surface area (Å²) >= 11 is 4.65. The summed E-state index contributed by atoms with van der Waals surface area (Å²) < 4.78 is 0.231. The number of anilines is 1. The van der Waals surface area contributed by atoms with Gasteiger partial charge in [-0.25, -0.2) is 0 Å². The number of hydrogen-bond acceptors (Lipinski definition) is 3. The highest BCUT2D eigenvalue weighted by molar-refractivity contribution is 7.71. The van der Waals surface area contributed by atoms with Gasteiger partial charge in [-0.3, -0.25) is 14.6 Å². The Bertz CT molecular complexity index is 406. The molecule has 1 aromatic heterocycles. The van der Waals surface area contributed by atoms with Gasteiger partial charge in [-0.05, 0) is 12.2 Å². The Balaban J connectivity index is 3.10. The fraction of sp³-hybridized carbons (Fsp3) is 0.167. The summed E-state index contributed by atoms with van der Waals surface area (Å²) in [7, 11) is 0. The zero-order chi connectivity index (χ0) is 9.14. The van der Waals surface area contributed by atoms with E-state index in [1.165, 1.54) is 13.1 Å². The standard InChI is InChI=1S/C6H7N3O2S/c1-3(10)8-4-2-7-6(12)9-5(4)11/h2H,1H3,(H,8,10)(H2,7,9,11,12). The molecule has 12 heavy (non-hydrogen) atoms. The number of rotatable bonds is 1. The normalized spacial score (nSPS) is 9.42. The lowest BCUT2D eigenvalue weighted by Gasteiger charge is -1.97. The van der Waals surface area contributed by atoms with Crippen LogP contribution in [0.5, 0.6) is 0 Å². The Morgan fingerprint density at radius 1 is 1.67 bits per heavy atom. The third-order valence-corrected chi connectivity index (χ3v) is 1.35. The second-order valence-corrected chi connectivity index (χ2v) is 2.58. The predicted molar refractivity (Wildman–Crippen MR) is 46.6 cm³/mol. The van der Waals surface area contributed by atoms with Crippen LogP contribution in [0.25, 0.3) is 0 Å². The highest BCUT2D eigenvalue weighted by Gasteiger charge is 1.99. The van der Waals surface area contributed by atoms with Crippen molar-refractivity contribution in [1.82, 2.24) is 9.97 Å². The highest BCUT2D eigenvalue weighted by Crippen LogP contribution is 1.92. The van der Waals surface area contributed by atoms with Gasteiger partial charge < -0.3 is 10.3 Å². The molecule has 0 unspecified atom stereocenters. The molecule has 6 heteroatoms. The number of aromatic amines is 2. The van der Waals surface area contributed by atoms with Crippen LogP contribution >= 0.6 is 12.2 Å². The van der Waals surface area contributed by atoms with E-state index in [0.717, 1.165) is 0 Å². The van der Waals surface area contributed by atoms with Crippen LogP contribution in [0.2, 0.25) is 0 Å². The summed E-state index contributed by atoms with van der Waals surface area (Å²) in [5, 5.41) is 2.34. The molecule has 5 nitrogen and oxygen atoms in total. The Kier molecular flexibility index (Phi) is 2.39. The molecule has 64 valence electrons. The average molecular weight is 185 g/mol. The summed E-state index contributed by atoms with van der Waals surface area (Å²) in [5.74, 6) is -0.300. The molecule has 0 saturated carbocycles. The van der Waals surface area contributed by atoms with E-state index in [2.05, 4.69) is 27.5 Å². The van der Waals surface area contributed by atoms with Gasteiger partial charge in [0.25, 0.3) is 5.56 Å². The van der Waals surface area contributed by atoms with Gasteiger partial charge in [0, 0.05) is 13.1 Å². The topological polar surface area (TPSA) is 77.8 Å². The minimum atomic E-state index is -0.408. The fourth-order valence-electron chi connectivity index (χ4n) is 0.692. The van der Waals surface area contributed by atoms with Crippen LogP contribution in [0.3, 0.4) is 0 Å². The number of carbonyl (C=O) groups excluding carboxylic acids is 1. The van der Waals surface area contributed by atoms with Crippen molar-refractivity contribution in [3.8, 4) is 0 Å². The van der Waals surface area contributed by atoms with E-state index in [-0.39, 0.29) is 16.4 Å². The van der Waals surface area contributed by atoms with Crippen LogP contribution in [0.15, 0.2) is 11.0 Å². The molecule has 0 aromatic carbocycles. The van der Waals surface area contributed by atoms with Gasteiger partial charge in [-0.1, -0.05) is 0 Å². The minimum absolute atomic E-state index is 0.163. The van der Waals surface area contributed by atoms with Crippen molar-refractivity contribution in [3.05, 3.63) is 21.3 Å². The van der Waals surface area contributed by atoms with E-state index >= 15 is 0 Å². The molecule has 0 bridgehead atoms. The molecule has 0 spiro atoms. The van der Waals surface area contributed by atoms with Gasteiger partial charge in [0.15, 0.2) is 4.77 Å². The number of nitrogens with one attached hydrogen (secondary N) is 3. The zero-order valence-corrected chi connectivity index (χ0v) is 7.12. The summed E-state index contributed by atoms with van der Waals surface area (Å²) in [6.07, 6.45) is 1.35. The van der Waals surface area contributed by atoms with Crippen LogP contribution < -0.4 is 10.9 Å². The van der Waals surface area contributed by atoms with E-state index in [4.69, 9.17) is 0 Å². The lowest BCUT2D eigenvalue weighted by atomic mass is 10.5. The molecule has 0 fully saturated rings. The van der Waals surface area contributed by atoms with Crippen LogP contribution in [0.4, 0.5) is 5.69 Å². The second kappa shape index (κ2) is 3.31. The van der Waals surface area contributed by atoms with Crippen molar-refractivity contribution in [1.29, 1.82) is 0 Å². The van der Waals surface area contributed by atoms with Gasteiger partial charge in [-0.2, -0.15) is 0 Å². The van der Waals surface area contributed by atoms with E-state index in [0.29, 0.717) is 0 Å². The van der Waals surface area contributed by atoms with E-state index in [1.54, 1.807) is 0 Å². The monoisotopic (exact) mass is 185 g/mol. The molecule has 0 aliphatic heterocycles. The summed E-state index contributed by atoms with van der Waals surface area (Å²) in [6.45, 7) is 1.32. The largest absolute Gasteiger partial charge is 0.337 e. The van der Waals surface area contributed by atoms with Crippen molar-refractivity contribution in [2.24, 2.45) is 0 Å². The van der Waals surface area contributed by atoms with E-state index in [9.17, 15) is 9.59 Å². The zero-order valence-electron chi connectivity index (χ0n) is 6.30. The molecule has 1 heterocycles. The van der Waals surface area contributed by atoms with Gasteiger partial charge in [0.2, 0.25) is 5.91 Å². The van der Waals surface area contributed by atoms with Gasteiger partial charge in [0.1, 0.15) is 5.69 Å². The Hall–Kier alpha value is -1.43. The predicted octanol–water partition coefficient (Wildman–Crippen LogP) is 0.391. The summed E-state index contributed by atoms with van der Waals surface area (Å²) in [4.78, 5) is 26.5. The fourth-order valence-corrected chi connectivity index (χ4v) is 0.844. The number of amides is 1. The Morgan fingerprint density at radius 2 is 2.33 bits per heavy atom. The van der Waals surface area contributed by atoms with Crippen molar-refractivity contribution in [2.75, 3.05) is 5.32 Å². The van der Waals surface area contributed by atoms with Crippen LogP contribution in [0, 0.1) is 4.77 Å². The number of H-pyrrole nitrogens is 2. The molecular formula is C6H7N3O2S. The lowest BCUT2D eigenvalue weighted by Crippen LogP contribution is -2.17. The first kappa shape index (κ1) is 8.66. The van der Waals surface area contributed by atoms with Crippen molar-refractivity contribution >= 4 is 23.8 Å². The number of hydrogen-bond donors (Lipinski definition) is 3. The van der Waals surface area contributed by atoms with Crippen LogP contribution in [0.1, 0.15) is 6.92 Å². The van der Waals surface area contributed by atoms with Gasteiger partial charge in [-0.15, -0.1) is 0 Å². The third kappa shape index (κ3) is 2.03. The molecule has 1 aromatic rings. The summed E-state index contributed by atoms with van der Waals surface area (Å²) in [6, 6.07) is 0. The first-order valence-electron chi connectivity index (χ1n) is 3.19. The second-order valence-electron chi connectivity index (χ2n) is 2.17. The molecule has 3 N–H and O–H groups in total. The van der Waals surface area contributed by atoms with E-state index < -0.39 is 5.56 Å². The Morgan fingerprint density at radius 3 is 2.83 bits per heavy atom. The first-order valence-corrected chi connectivity index (χ1v) is 3.60. The molecule has 1 amide bonds. The van der Waals surface area contributed by atoms with Gasteiger partial charge >= 0.3 is 0 Å². The molecule has 0 atom stereocenters. The maximum atomic E-state index is 11.0. The van der Waals surface area contributed by atoms with Crippen molar-refractivity contribution < 1.29 is 4.79 Å². The number of aromatic nitrogens is 2. The van der Waals surface area contributed by atoms with Crippen LogP contribution in [-0.4, -0.2) is 15.9 Å². The molecule has 1 rings (SSSR count). The SMILES string of the molecule is CC(=O)Nc1c[nH]c(=S)[nH]c1=O. The molecular weight excluding hydrogens is 178 g/mol. The highest BCUT2D eigenvalue weighted by atomic mass is 32.1. The molecule has 0 aliphatic carbocycles. The summed E-state index contributed by atoms with van der Waals surface area (Å²) in [5.41, 5.74) is -0.245. The molecule has 0 aliphatic rings. The molecule has 0 radical (unpaired) electrons. The quantitative estimate of drug-likeness (QED) is 0.554. The lowest BCUT2D eigenvalue weighted by molar-refractivity contribution is -0.114. The maximum absolute atomic E-state index is 11.0. The minimum Gasteiger partial charge on any atom is -0.337 e. The number of carbonyl (C=O) groups is 1. The maximum Gasteiger partial charge on any atom is 0.275 e. The smallest absolute Gasteiger partial charge is 0.275 e. The average Bonchev–Trinajstić information content (AvgIpc) is 1.94. The first-order chi connectivity index (χ1) is 5.59. The van der Waals surface area contributed by atoms with Crippen LogP contribution in [-0.2, 0) is 4.79 Å². The molecule has 0 saturated heterocycles. The van der Waals surface area contributed by atoms with E-state index in [1.807, 2.05) is 0 Å². The van der Waals surface area contributed by atoms with Gasteiger partial charge in [0.05, 0.1) is 0 Å².